The maximum atomic E-state index is 4.82. The summed E-state index contributed by atoms with van der Waals surface area (Å²) in [5, 5.41) is 4.81. The summed E-state index contributed by atoms with van der Waals surface area (Å²) in [6.45, 7) is 8.02. The Hall–Kier alpha value is -0.180. The molecule has 0 aromatic heterocycles. The molecule has 0 radical (unpaired) electrons. The summed E-state index contributed by atoms with van der Waals surface area (Å²) in [5.74, 6) is 3.67. The molecule has 2 aliphatic rings. The van der Waals surface area contributed by atoms with Gasteiger partial charge in [0.2, 0.25) is 0 Å². The Morgan fingerprint density at radius 2 is 2.18 bits per heavy atom. The zero-order chi connectivity index (χ0) is 12.3. The van der Waals surface area contributed by atoms with Crippen LogP contribution in [-0.4, -0.2) is 23.5 Å². The lowest BCUT2D eigenvalue weighted by Gasteiger charge is -2.28. The van der Waals surface area contributed by atoms with E-state index >= 15 is 0 Å². The Balaban J connectivity index is 1.84. The van der Waals surface area contributed by atoms with E-state index in [0.717, 1.165) is 18.4 Å². The minimum absolute atomic E-state index is 0.635. The van der Waals surface area contributed by atoms with Crippen molar-refractivity contribution in [2.75, 3.05) is 12.3 Å². The first-order valence-electron chi connectivity index (χ1n) is 7.10. The van der Waals surface area contributed by atoms with Crippen LogP contribution in [0.2, 0.25) is 0 Å². The van der Waals surface area contributed by atoms with Crippen LogP contribution in [0, 0.1) is 17.8 Å². The Bertz CT molecular complexity index is 275. The predicted octanol–water partition coefficient (Wildman–Crippen LogP) is 3.53. The number of aliphatic imine (C=N–C) groups is 1. The van der Waals surface area contributed by atoms with Crippen LogP contribution in [0.3, 0.4) is 0 Å². The monoisotopic (exact) mass is 254 g/mol. The van der Waals surface area contributed by atoms with Crippen molar-refractivity contribution in [2.45, 2.75) is 52.5 Å². The summed E-state index contributed by atoms with van der Waals surface area (Å²) in [6.07, 6.45) is 5.48. The third kappa shape index (κ3) is 3.64. The largest absolute Gasteiger partial charge is 0.362 e. The molecule has 17 heavy (non-hydrogen) atoms. The molecule has 0 aromatic carbocycles. The molecule has 1 saturated carbocycles. The van der Waals surface area contributed by atoms with Gasteiger partial charge in [0.05, 0.1) is 0 Å². The molecule has 3 heteroatoms. The molecule has 0 spiro atoms. The summed E-state index contributed by atoms with van der Waals surface area (Å²) in [7, 11) is 0. The molecule has 3 unspecified atom stereocenters. The molecule has 0 bridgehead atoms. The van der Waals surface area contributed by atoms with E-state index < -0.39 is 0 Å². The zero-order valence-electron chi connectivity index (χ0n) is 11.4. The second-order valence-electron chi connectivity index (χ2n) is 5.95. The molecule has 98 valence electrons. The summed E-state index contributed by atoms with van der Waals surface area (Å²) in [5.41, 5.74) is 0. The molecule has 2 fully saturated rings. The third-order valence-electron chi connectivity index (χ3n) is 4.29. The fourth-order valence-corrected chi connectivity index (χ4v) is 3.81. The SMILES string of the molecule is CC(C)C1CCSC(=NCC2CCCC2C)N1. The lowest BCUT2D eigenvalue weighted by molar-refractivity contribution is 0.424. The lowest BCUT2D eigenvalue weighted by Crippen LogP contribution is -2.41. The number of amidine groups is 1. The molecule has 1 N–H and O–H groups in total. The van der Waals surface area contributed by atoms with Crippen molar-refractivity contribution in [3.8, 4) is 0 Å². The van der Waals surface area contributed by atoms with Gasteiger partial charge in [-0.3, -0.25) is 4.99 Å². The second kappa shape index (κ2) is 6.12. The Labute approximate surface area is 110 Å². The Kier molecular flexibility index (Phi) is 4.78. The van der Waals surface area contributed by atoms with E-state index in [1.165, 1.54) is 36.6 Å². The van der Waals surface area contributed by atoms with Gasteiger partial charge < -0.3 is 5.32 Å². The van der Waals surface area contributed by atoms with Crippen molar-refractivity contribution in [3.63, 3.8) is 0 Å². The number of hydrogen-bond donors (Lipinski definition) is 1. The van der Waals surface area contributed by atoms with Crippen molar-refractivity contribution in [3.05, 3.63) is 0 Å². The minimum Gasteiger partial charge on any atom is -0.362 e. The molecule has 1 aliphatic carbocycles. The highest BCUT2D eigenvalue weighted by atomic mass is 32.2. The second-order valence-corrected chi connectivity index (χ2v) is 7.03. The van der Waals surface area contributed by atoms with Crippen LogP contribution in [0.5, 0.6) is 0 Å². The van der Waals surface area contributed by atoms with Crippen molar-refractivity contribution in [1.29, 1.82) is 0 Å². The first-order chi connectivity index (χ1) is 8.16. The first-order valence-corrected chi connectivity index (χ1v) is 8.09. The van der Waals surface area contributed by atoms with Crippen LogP contribution in [0.1, 0.15) is 46.5 Å². The highest BCUT2D eigenvalue weighted by Gasteiger charge is 2.24. The van der Waals surface area contributed by atoms with Crippen molar-refractivity contribution in [1.82, 2.24) is 5.32 Å². The van der Waals surface area contributed by atoms with Gasteiger partial charge in [-0.2, -0.15) is 0 Å². The van der Waals surface area contributed by atoms with Crippen LogP contribution in [0.4, 0.5) is 0 Å². The molecule has 2 nitrogen and oxygen atoms in total. The van der Waals surface area contributed by atoms with Crippen molar-refractivity contribution >= 4 is 16.9 Å². The number of thioether (sulfide) groups is 1. The summed E-state index contributed by atoms with van der Waals surface area (Å²) >= 11 is 1.91. The molecule has 1 aliphatic heterocycles. The number of nitrogens with one attached hydrogen (secondary N) is 1. The van der Waals surface area contributed by atoms with Gasteiger partial charge in [0, 0.05) is 18.3 Å². The summed E-state index contributed by atoms with van der Waals surface area (Å²) in [6, 6.07) is 0.635. The highest BCUT2D eigenvalue weighted by Crippen LogP contribution is 2.31. The topological polar surface area (TPSA) is 24.4 Å². The van der Waals surface area contributed by atoms with E-state index in [9.17, 15) is 0 Å². The summed E-state index contributed by atoms with van der Waals surface area (Å²) in [4.78, 5) is 4.82. The zero-order valence-corrected chi connectivity index (χ0v) is 12.2. The Morgan fingerprint density at radius 3 is 2.82 bits per heavy atom. The molecule has 1 saturated heterocycles. The predicted molar refractivity (Wildman–Crippen MR) is 77.6 cm³/mol. The molecule has 0 aromatic rings. The van der Waals surface area contributed by atoms with Gasteiger partial charge in [0.1, 0.15) is 0 Å². The van der Waals surface area contributed by atoms with Crippen LogP contribution in [0.25, 0.3) is 0 Å². The molecule has 2 rings (SSSR count). The molecular formula is C14H26N2S. The van der Waals surface area contributed by atoms with E-state index in [-0.39, 0.29) is 0 Å². The summed E-state index contributed by atoms with van der Waals surface area (Å²) < 4.78 is 0. The van der Waals surface area contributed by atoms with Crippen molar-refractivity contribution < 1.29 is 0 Å². The number of nitrogens with zero attached hydrogens (tertiary/aromatic N) is 1. The van der Waals surface area contributed by atoms with Crippen LogP contribution < -0.4 is 5.32 Å². The number of hydrogen-bond acceptors (Lipinski definition) is 2. The van der Waals surface area contributed by atoms with Crippen LogP contribution in [0.15, 0.2) is 4.99 Å². The van der Waals surface area contributed by atoms with Gasteiger partial charge in [-0.15, -0.1) is 0 Å². The van der Waals surface area contributed by atoms with E-state index in [1.54, 1.807) is 0 Å². The lowest BCUT2D eigenvalue weighted by atomic mass is 9.99. The number of rotatable bonds is 3. The highest BCUT2D eigenvalue weighted by molar-refractivity contribution is 8.13. The van der Waals surface area contributed by atoms with Crippen molar-refractivity contribution in [2.24, 2.45) is 22.7 Å². The maximum absolute atomic E-state index is 4.82. The van der Waals surface area contributed by atoms with Gasteiger partial charge in [-0.1, -0.05) is 45.4 Å². The van der Waals surface area contributed by atoms with Gasteiger partial charge in [0.25, 0.3) is 0 Å². The van der Waals surface area contributed by atoms with E-state index in [2.05, 4.69) is 26.1 Å². The van der Waals surface area contributed by atoms with Crippen LogP contribution in [-0.2, 0) is 0 Å². The van der Waals surface area contributed by atoms with Gasteiger partial charge in [-0.25, -0.2) is 0 Å². The van der Waals surface area contributed by atoms with Gasteiger partial charge in [-0.05, 0) is 30.6 Å². The fraction of sp³-hybridized carbons (Fsp3) is 0.929. The standard InChI is InChI=1S/C14H26N2S/c1-10(2)13-7-8-17-14(16-13)15-9-12-6-4-5-11(12)3/h10-13H,4-9H2,1-3H3,(H,15,16). The first kappa shape index (κ1) is 13.3. The average molecular weight is 254 g/mol. The van der Waals surface area contributed by atoms with Crippen LogP contribution >= 0.6 is 11.8 Å². The molecule has 0 amide bonds. The third-order valence-corrected chi connectivity index (χ3v) is 5.25. The van der Waals surface area contributed by atoms with E-state index in [0.29, 0.717) is 12.0 Å². The quantitative estimate of drug-likeness (QED) is 0.833. The fourth-order valence-electron chi connectivity index (χ4n) is 2.84. The van der Waals surface area contributed by atoms with E-state index in [1.807, 2.05) is 11.8 Å². The van der Waals surface area contributed by atoms with Gasteiger partial charge in [0.15, 0.2) is 5.17 Å². The molecular weight excluding hydrogens is 228 g/mol. The average Bonchev–Trinajstić information content (AvgIpc) is 2.72. The maximum Gasteiger partial charge on any atom is 0.156 e. The smallest absolute Gasteiger partial charge is 0.156 e. The Morgan fingerprint density at radius 1 is 1.35 bits per heavy atom. The molecule has 1 heterocycles. The van der Waals surface area contributed by atoms with E-state index in [4.69, 9.17) is 4.99 Å². The molecule has 3 atom stereocenters. The minimum atomic E-state index is 0.635. The normalized spacial score (nSPS) is 36.5. The van der Waals surface area contributed by atoms with Gasteiger partial charge >= 0.3 is 0 Å².